The molecule has 4 atom stereocenters. The molecule has 5 saturated carbocycles. The molecule has 8 rings (SSSR count). The Labute approximate surface area is 262 Å². The number of ether oxygens (including phenoxy) is 2. The molecule has 4 bridgehead atoms. The average molecular weight is 644 g/mol. The Morgan fingerprint density at radius 2 is 1.85 bits per heavy atom. The van der Waals surface area contributed by atoms with Crippen molar-refractivity contribution >= 4 is 23.3 Å². The Balaban J connectivity index is 1.11. The first-order valence-corrected chi connectivity index (χ1v) is 15.4. The van der Waals surface area contributed by atoms with Crippen LogP contribution in [0.4, 0.5) is 29.1 Å². The van der Waals surface area contributed by atoms with Crippen molar-refractivity contribution in [2.75, 3.05) is 44.0 Å². The van der Waals surface area contributed by atoms with Gasteiger partial charge in [-0.1, -0.05) is 0 Å². The predicted molar refractivity (Wildman–Crippen MR) is 154 cm³/mol. The van der Waals surface area contributed by atoms with Crippen molar-refractivity contribution in [3.8, 4) is 11.9 Å². The number of rotatable bonds is 8. The third-order valence-corrected chi connectivity index (χ3v) is 10.5. The molecule has 0 unspecified atom stereocenters. The second kappa shape index (κ2) is 11.0. The largest absolute Gasteiger partial charge is 0.480 e. The van der Waals surface area contributed by atoms with Crippen LogP contribution in [0.3, 0.4) is 0 Å². The number of nitriles is 1. The van der Waals surface area contributed by atoms with Gasteiger partial charge in [-0.25, -0.2) is 9.37 Å². The summed E-state index contributed by atoms with van der Waals surface area (Å²) >= 11 is 0. The van der Waals surface area contributed by atoms with Crippen molar-refractivity contribution in [1.82, 2.24) is 20.2 Å². The highest BCUT2D eigenvalue weighted by atomic mass is 19.4. The second-order valence-corrected chi connectivity index (χ2v) is 13.2. The number of morpholine rings is 1. The summed E-state index contributed by atoms with van der Waals surface area (Å²) in [6.45, 7) is 3.13. The highest BCUT2D eigenvalue weighted by molar-refractivity contribution is 6.02. The fourth-order valence-corrected chi connectivity index (χ4v) is 8.57. The number of nitrogens with one attached hydrogen (secondary N) is 3. The van der Waals surface area contributed by atoms with Gasteiger partial charge in [0.05, 0.1) is 31.8 Å². The summed E-state index contributed by atoms with van der Waals surface area (Å²) in [7, 11) is 1.34. The first-order chi connectivity index (χ1) is 21.9. The van der Waals surface area contributed by atoms with Gasteiger partial charge in [0.1, 0.15) is 23.3 Å². The topological polar surface area (TPSA) is 142 Å². The van der Waals surface area contributed by atoms with E-state index in [1.807, 2.05) is 6.07 Å². The maximum atomic E-state index is 14.0. The molecule has 5 aliphatic carbocycles. The highest BCUT2D eigenvalue weighted by Crippen LogP contribution is 2.65. The van der Waals surface area contributed by atoms with Crippen molar-refractivity contribution in [2.45, 2.75) is 61.8 Å². The molecule has 1 aromatic heterocycles. The van der Waals surface area contributed by atoms with E-state index < -0.39 is 41.3 Å². The number of amides is 2. The lowest BCUT2D eigenvalue weighted by Gasteiger charge is -2.74. The van der Waals surface area contributed by atoms with Gasteiger partial charge in [0.2, 0.25) is 17.6 Å². The van der Waals surface area contributed by atoms with Gasteiger partial charge in [-0.2, -0.15) is 23.4 Å². The number of anilines is 2. The second-order valence-electron chi connectivity index (χ2n) is 13.2. The van der Waals surface area contributed by atoms with Crippen LogP contribution in [0.5, 0.6) is 5.88 Å². The maximum Gasteiger partial charge on any atom is 0.419 e. The van der Waals surface area contributed by atoms with Gasteiger partial charge < -0.3 is 25.4 Å². The van der Waals surface area contributed by atoms with Crippen LogP contribution in [0.15, 0.2) is 18.2 Å². The normalized spacial score (nSPS) is 31.3. The van der Waals surface area contributed by atoms with Crippen LogP contribution in [0.1, 0.15) is 60.3 Å². The van der Waals surface area contributed by atoms with Crippen molar-refractivity contribution in [1.29, 1.82) is 5.26 Å². The third-order valence-electron chi connectivity index (χ3n) is 10.5. The Morgan fingerprint density at radius 3 is 2.52 bits per heavy atom. The number of methoxy groups -OCH3 is 1. The molecule has 46 heavy (non-hydrogen) atoms. The Kier molecular flexibility index (Phi) is 7.35. The van der Waals surface area contributed by atoms with E-state index in [1.54, 1.807) is 0 Å². The van der Waals surface area contributed by atoms with E-state index in [1.165, 1.54) is 7.11 Å². The summed E-state index contributed by atoms with van der Waals surface area (Å²) in [6.07, 6.45) is -0.206. The number of alkyl halides is 3. The van der Waals surface area contributed by atoms with Crippen molar-refractivity contribution < 1.29 is 36.6 Å². The molecule has 6 aliphatic rings. The van der Waals surface area contributed by atoms with Crippen LogP contribution in [0, 0.1) is 34.9 Å². The number of benzene rings is 1. The van der Waals surface area contributed by atoms with Crippen molar-refractivity contribution in [3.05, 3.63) is 41.0 Å². The number of carbonyl (C=O) groups is 2. The zero-order chi connectivity index (χ0) is 32.4. The summed E-state index contributed by atoms with van der Waals surface area (Å²) in [5.41, 5.74) is -1.85. The number of halogens is 4. The molecule has 1 saturated heterocycles. The fourth-order valence-electron chi connectivity index (χ4n) is 8.57. The summed E-state index contributed by atoms with van der Waals surface area (Å²) < 4.78 is 64.6. The standard InChI is InChI=1S/C31H33F4N7O4/c1-45-28-23(25(38-21(12-36)39-28)41-29-13-30(14-29,15-29)42-6-8-46-9-7-42)27(44)40-24-17-3-2-16(10-17)22(24)26(43)37-18-4-5-20(32)19(11-18)31(33,34)35/h4-5,11,16-17,22,24H,2-3,6-10,13-15H2,1H3,(H,37,43)(H,40,44)(H,38,39,41)/t16-,17+,22+,24-,29?,30?/m1/s1. The lowest BCUT2D eigenvalue weighted by atomic mass is 9.43. The molecule has 2 heterocycles. The minimum Gasteiger partial charge on any atom is -0.480 e. The van der Waals surface area contributed by atoms with E-state index >= 15 is 0 Å². The molecule has 11 nitrogen and oxygen atoms in total. The maximum absolute atomic E-state index is 14.0. The van der Waals surface area contributed by atoms with Gasteiger partial charge >= 0.3 is 6.18 Å². The lowest BCUT2D eigenvalue weighted by molar-refractivity contribution is -0.172. The SMILES string of the molecule is COc1nc(C#N)nc(NC23CC(N4CCOCC4)(C2)C3)c1C(=O)N[C@@H]1[C@H]2CC[C@H](C2)[C@@H]1C(=O)Nc1ccc(F)c(C(F)(F)F)c1. The first-order valence-electron chi connectivity index (χ1n) is 15.4. The molecule has 244 valence electrons. The number of hydrogen-bond donors (Lipinski definition) is 3. The van der Waals surface area contributed by atoms with E-state index in [2.05, 4.69) is 30.8 Å². The van der Waals surface area contributed by atoms with E-state index in [-0.39, 0.29) is 51.7 Å². The monoisotopic (exact) mass is 643 g/mol. The number of aromatic nitrogens is 2. The molecular formula is C31H33F4N7O4. The number of fused-ring (bicyclic) bond motifs is 2. The van der Waals surface area contributed by atoms with Crippen LogP contribution in [-0.4, -0.2) is 77.2 Å². The van der Waals surface area contributed by atoms with Crippen LogP contribution in [0.2, 0.25) is 0 Å². The summed E-state index contributed by atoms with van der Waals surface area (Å²) in [5.74, 6) is -3.51. The number of carbonyl (C=O) groups excluding carboxylic acids is 2. The molecule has 0 radical (unpaired) electrons. The summed E-state index contributed by atoms with van der Waals surface area (Å²) in [5, 5.41) is 18.5. The Morgan fingerprint density at radius 1 is 1.13 bits per heavy atom. The molecule has 0 spiro atoms. The molecule has 15 heteroatoms. The van der Waals surface area contributed by atoms with Crippen LogP contribution in [0.25, 0.3) is 0 Å². The van der Waals surface area contributed by atoms with Crippen molar-refractivity contribution in [3.63, 3.8) is 0 Å². The molecule has 1 aromatic carbocycles. The van der Waals surface area contributed by atoms with E-state index in [0.717, 1.165) is 51.3 Å². The summed E-state index contributed by atoms with van der Waals surface area (Å²) in [4.78, 5) is 38.4. The van der Waals surface area contributed by atoms with E-state index in [4.69, 9.17) is 9.47 Å². The van der Waals surface area contributed by atoms with Gasteiger partial charge in [0.25, 0.3) is 5.91 Å². The predicted octanol–water partition coefficient (Wildman–Crippen LogP) is 3.72. The minimum absolute atomic E-state index is 0.0157. The van der Waals surface area contributed by atoms with Crippen LogP contribution in [-0.2, 0) is 15.7 Å². The van der Waals surface area contributed by atoms with E-state index in [9.17, 15) is 32.4 Å². The molecule has 1 aliphatic heterocycles. The molecular weight excluding hydrogens is 610 g/mol. The van der Waals surface area contributed by atoms with Crippen LogP contribution < -0.4 is 20.7 Å². The quantitative estimate of drug-likeness (QED) is 0.367. The highest BCUT2D eigenvalue weighted by Gasteiger charge is 2.70. The lowest BCUT2D eigenvalue weighted by Crippen LogP contribution is -2.82. The Hall–Kier alpha value is -4.03. The van der Waals surface area contributed by atoms with Gasteiger partial charge in [-0.3, -0.25) is 14.5 Å². The van der Waals surface area contributed by atoms with Gasteiger partial charge in [0, 0.05) is 35.9 Å². The molecule has 2 amide bonds. The zero-order valence-electron chi connectivity index (χ0n) is 25.0. The molecule has 2 aromatic rings. The minimum atomic E-state index is -4.93. The third kappa shape index (κ3) is 5.11. The molecule has 6 fully saturated rings. The number of hydrogen-bond acceptors (Lipinski definition) is 9. The first kappa shape index (κ1) is 30.6. The van der Waals surface area contributed by atoms with Crippen LogP contribution >= 0.6 is 0 Å². The number of nitrogens with zero attached hydrogens (tertiary/aromatic N) is 4. The van der Waals surface area contributed by atoms with Gasteiger partial charge in [-0.05, 0) is 68.6 Å². The Bertz CT molecular complexity index is 1600. The fraction of sp³-hybridized carbons (Fsp3) is 0.581. The molecule has 3 N–H and O–H groups in total. The van der Waals surface area contributed by atoms with E-state index in [0.29, 0.717) is 31.8 Å². The average Bonchev–Trinajstić information content (AvgIpc) is 3.60. The van der Waals surface area contributed by atoms with Gasteiger partial charge in [0.15, 0.2) is 0 Å². The van der Waals surface area contributed by atoms with Gasteiger partial charge in [-0.15, -0.1) is 0 Å². The summed E-state index contributed by atoms with van der Waals surface area (Å²) in [6, 6.07) is 3.60. The smallest absolute Gasteiger partial charge is 0.419 e. The van der Waals surface area contributed by atoms with Crippen molar-refractivity contribution in [2.24, 2.45) is 17.8 Å². The zero-order valence-corrected chi connectivity index (χ0v) is 25.0.